The highest BCUT2D eigenvalue weighted by Gasteiger charge is 2.42. The SMILES string of the molecule is CSCCCN1CC(C(C)C)NCC12CCCCC2. The Bertz CT molecular complexity index is 261. The van der Waals surface area contributed by atoms with Gasteiger partial charge in [-0.05, 0) is 43.7 Å². The van der Waals surface area contributed by atoms with Gasteiger partial charge in [0, 0.05) is 24.7 Å². The van der Waals surface area contributed by atoms with Gasteiger partial charge in [0.05, 0.1) is 0 Å². The van der Waals surface area contributed by atoms with E-state index in [0.717, 1.165) is 5.92 Å². The standard InChI is InChI=1S/C16H32N2S/c1-14(2)15-12-18(10-7-11-19-3)16(13-17-15)8-5-4-6-9-16/h14-15,17H,4-13H2,1-3H3. The van der Waals surface area contributed by atoms with Crippen LogP contribution in [-0.4, -0.2) is 48.1 Å². The van der Waals surface area contributed by atoms with Gasteiger partial charge in [-0.1, -0.05) is 33.1 Å². The van der Waals surface area contributed by atoms with Gasteiger partial charge in [-0.2, -0.15) is 11.8 Å². The molecule has 0 bridgehead atoms. The summed E-state index contributed by atoms with van der Waals surface area (Å²) in [7, 11) is 0. The van der Waals surface area contributed by atoms with E-state index in [-0.39, 0.29) is 0 Å². The van der Waals surface area contributed by atoms with Crippen LogP contribution in [0.3, 0.4) is 0 Å². The van der Waals surface area contributed by atoms with E-state index in [4.69, 9.17) is 0 Å². The van der Waals surface area contributed by atoms with E-state index in [1.54, 1.807) is 0 Å². The summed E-state index contributed by atoms with van der Waals surface area (Å²) in [6.07, 6.45) is 10.8. The molecular weight excluding hydrogens is 252 g/mol. The molecule has 2 aliphatic rings. The summed E-state index contributed by atoms with van der Waals surface area (Å²) in [5.41, 5.74) is 0.502. The van der Waals surface area contributed by atoms with Crippen LogP contribution in [-0.2, 0) is 0 Å². The number of hydrogen-bond acceptors (Lipinski definition) is 3. The van der Waals surface area contributed by atoms with Gasteiger partial charge in [-0.15, -0.1) is 0 Å². The van der Waals surface area contributed by atoms with Crippen LogP contribution in [0.4, 0.5) is 0 Å². The van der Waals surface area contributed by atoms with Gasteiger partial charge in [0.15, 0.2) is 0 Å². The third-order valence-corrected chi connectivity index (χ3v) is 5.84. The zero-order valence-electron chi connectivity index (χ0n) is 13.1. The second-order valence-corrected chi connectivity index (χ2v) is 7.79. The Balaban J connectivity index is 1.99. The Morgan fingerprint density at radius 2 is 2.00 bits per heavy atom. The van der Waals surface area contributed by atoms with E-state index in [1.807, 2.05) is 11.8 Å². The van der Waals surface area contributed by atoms with E-state index < -0.39 is 0 Å². The monoisotopic (exact) mass is 284 g/mol. The van der Waals surface area contributed by atoms with Gasteiger partial charge in [-0.3, -0.25) is 4.90 Å². The molecule has 0 aromatic carbocycles. The smallest absolute Gasteiger partial charge is 0.0334 e. The molecule has 1 N–H and O–H groups in total. The number of hydrogen-bond donors (Lipinski definition) is 1. The molecule has 0 radical (unpaired) electrons. The molecule has 0 amide bonds. The highest BCUT2D eigenvalue weighted by Crippen LogP contribution is 2.36. The number of nitrogens with one attached hydrogen (secondary N) is 1. The largest absolute Gasteiger partial charge is 0.311 e. The predicted molar refractivity (Wildman–Crippen MR) is 87.0 cm³/mol. The summed E-state index contributed by atoms with van der Waals surface area (Å²) in [6, 6.07) is 0.696. The van der Waals surface area contributed by atoms with Crippen LogP contribution in [0.1, 0.15) is 52.4 Å². The fraction of sp³-hybridized carbons (Fsp3) is 1.00. The second-order valence-electron chi connectivity index (χ2n) is 6.81. The Morgan fingerprint density at radius 3 is 2.63 bits per heavy atom. The molecule has 0 aromatic heterocycles. The normalized spacial score (nSPS) is 28.1. The lowest BCUT2D eigenvalue weighted by Crippen LogP contribution is -2.66. The van der Waals surface area contributed by atoms with Gasteiger partial charge < -0.3 is 5.32 Å². The molecule has 19 heavy (non-hydrogen) atoms. The molecule has 0 aromatic rings. The van der Waals surface area contributed by atoms with Crippen molar-refractivity contribution < 1.29 is 0 Å². The third-order valence-electron chi connectivity index (χ3n) is 5.15. The fourth-order valence-corrected chi connectivity index (χ4v) is 4.22. The minimum Gasteiger partial charge on any atom is -0.311 e. The summed E-state index contributed by atoms with van der Waals surface area (Å²) in [5, 5.41) is 3.85. The summed E-state index contributed by atoms with van der Waals surface area (Å²) < 4.78 is 0. The van der Waals surface area contributed by atoms with Crippen molar-refractivity contribution in [2.24, 2.45) is 5.92 Å². The van der Waals surface area contributed by atoms with E-state index in [2.05, 4.69) is 30.3 Å². The summed E-state index contributed by atoms with van der Waals surface area (Å²) in [4.78, 5) is 2.86. The van der Waals surface area contributed by atoms with Gasteiger partial charge >= 0.3 is 0 Å². The Kier molecular flexibility index (Phi) is 6.04. The maximum atomic E-state index is 3.85. The topological polar surface area (TPSA) is 15.3 Å². The first-order valence-corrected chi connectivity index (χ1v) is 9.55. The van der Waals surface area contributed by atoms with Gasteiger partial charge in [0.1, 0.15) is 0 Å². The maximum absolute atomic E-state index is 3.85. The maximum Gasteiger partial charge on any atom is 0.0334 e. The molecule has 2 fully saturated rings. The zero-order valence-corrected chi connectivity index (χ0v) is 13.9. The van der Waals surface area contributed by atoms with E-state index >= 15 is 0 Å². The van der Waals surface area contributed by atoms with Crippen molar-refractivity contribution in [1.29, 1.82) is 0 Å². The average molecular weight is 285 g/mol. The average Bonchev–Trinajstić information content (AvgIpc) is 2.42. The van der Waals surface area contributed by atoms with Crippen molar-refractivity contribution in [2.45, 2.75) is 64.0 Å². The fourth-order valence-electron chi connectivity index (χ4n) is 3.81. The van der Waals surface area contributed by atoms with Gasteiger partial charge in [0.25, 0.3) is 0 Å². The number of rotatable bonds is 5. The van der Waals surface area contributed by atoms with Crippen LogP contribution < -0.4 is 5.32 Å². The van der Waals surface area contributed by atoms with Crippen LogP contribution >= 0.6 is 11.8 Å². The number of thioether (sulfide) groups is 1. The van der Waals surface area contributed by atoms with Gasteiger partial charge in [0.2, 0.25) is 0 Å². The van der Waals surface area contributed by atoms with E-state index in [1.165, 1.54) is 63.9 Å². The zero-order chi connectivity index (χ0) is 13.7. The lowest BCUT2D eigenvalue weighted by atomic mass is 9.77. The van der Waals surface area contributed by atoms with Crippen molar-refractivity contribution in [3.8, 4) is 0 Å². The molecule has 1 spiro atoms. The van der Waals surface area contributed by atoms with Crippen molar-refractivity contribution >= 4 is 11.8 Å². The summed E-state index contributed by atoms with van der Waals surface area (Å²) >= 11 is 1.99. The molecule has 1 saturated heterocycles. The van der Waals surface area contributed by atoms with Crippen LogP contribution in [0.5, 0.6) is 0 Å². The molecule has 1 atom stereocenters. The van der Waals surface area contributed by atoms with Gasteiger partial charge in [-0.25, -0.2) is 0 Å². The number of piperazine rings is 1. The van der Waals surface area contributed by atoms with Crippen molar-refractivity contribution in [2.75, 3.05) is 31.6 Å². The highest BCUT2D eigenvalue weighted by atomic mass is 32.2. The predicted octanol–water partition coefficient (Wildman–Crippen LogP) is 3.37. The Morgan fingerprint density at radius 1 is 1.26 bits per heavy atom. The lowest BCUT2D eigenvalue weighted by Gasteiger charge is -2.53. The first-order valence-electron chi connectivity index (χ1n) is 8.15. The van der Waals surface area contributed by atoms with Crippen LogP contribution in [0.25, 0.3) is 0 Å². The summed E-state index contributed by atoms with van der Waals surface area (Å²) in [5.74, 6) is 2.07. The minimum atomic E-state index is 0.502. The van der Waals surface area contributed by atoms with Crippen molar-refractivity contribution in [3.05, 3.63) is 0 Å². The van der Waals surface area contributed by atoms with Crippen LogP contribution in [0, 0.1) is 5.92 Å². The van der Waals surface area contributed by atoms with Crippen LogP contribution in [0.2, 0.25) is 0 Å². The molecule has 112 valence electrons. The molecule has 2 rings (SSSR count). The molecule has 1 unspecified atom stereocenters. The summed E-state index contributed by atoms with van der Waals surface area (Å²) in [6.45, 7) is 8.53. The van der Waals surface area contributed by atoms with Crippen LogP contribution in [0.15, 0.2) is 0 Å². The van der Waals surface area contributed by atoms with Crippen molar-refractivity contribution in [1.82, 2.24) is 10.2 Å². The minimum absolute atomic E-state index is 0.502. The van der Waals surface area contributed by atoms with E-state index in [9.17, 15) is 0 Å². The molecule has 1 heterocycles. The Hall–Kier alpha value is 0.270. The molecule has 1 aliphatic carbocycles. The molecular formula is C16H32N2S. The quantitative estimate of drug-likeness (QED) is 0.779. The lowest BCUT2D eigenvalue weighted by molar-refractivity contribution is 0.00254. The molecule has 1 aliphatic heterocycles. The highest BCUT2D eigenvalue weighted by molar-refractivity contribution is 7.98. The first kappa shape index (κ1) is 15.7. The molecule has 2 nitrogen and oxygen atoms in total. The third kappa shape index (κ3) is 3.89. The van der Waals surface area contributed by atoms with E-state index in [0.29, 0.717) is 11.6 Å². The Labute approximate surface area is 124 Å². The second kappa shape index (κ2) is 7.33. The number of nitrogens with zero attached hydrogens (tertiary/aromatic N) is 1. The molecule has 1 saturated carbocycles. The first-order chi connectivity index (χ1) is 9.18. The van der Waals surface area contributed by atoms with Crippen molar-refractivity contribution in [3.63, 3.8) is 0 Å². The molecule has 3 heteroatoms.